The highest BCUT2D eigenvalue weighted by Crippen LogP contribution is 2.38. The SMILES string of the molecule is CCOC(=O)C1=C(C)Nc2ncnn2C1c1ccc(OCC)c(OC)c1. The predicted octanol–water partition coefficient (Wildman–Crippen LogP) is 2.54. The minimum atomic E-state index is -0.475. The molecule has 8 nitrogen and oxygen atoms in total. The number of anilines is 1. The molecule has 0 aliphatic carbocycles. The number of nitrogens with one attached hydrogen (secondary N) is 1. The Morgan fingerprint density at radius 2 is 2.08 bits per heavy atom. The fourth-order valence-electron chi connectivity index (χ4n) is 3.00. The maximum Gasteiger partial charge on any atom is 0.338 e. The molecule has 26 heavy (non-hydrogen) atoms. The molecule has 0 amide bonds. The average Bonchev–Trinajstić information content (AvgIpc) is 3.09. The number of carbonyl (C=O) groups is 1. The van der Waals surface area contributed by atoms with Gasteiger partial charge in [-0.05, 0) is 38.5 Å². The molecule has 0 saturated heterocycles. The Kier molecular flexibility index (Phi) is 5.11. The molecule has 2 heterocycles. The van der Waals surface area contributed by atoms with Crippen molar-refractivity contribution < 1.29 is 19.0 Å². The maximum absolute atomic E-state index is 12.6. The lowest BCUT2D eigenvalue weighted by atomic mass is 9.95. The first-order chi connectivity index (χ1) is 12.6. The van der Waals surface area contributed by atoms with Crippen LogP contribution in [0.25, 0.3) is 0 Å². The molecule has 138 valence electrons. The molecule has 0 fully saturated rings. The zero-order valence-corrected chi connectivity index (χ0v) is 15.3. The Balaban J connectivity index is 2.12. The molecule has 1 aromatic carbocycles. The summed E-state index contributed by atoms with van der Waals surface area (Å²) in [4.78, 5) is 16.8. The third kappa shape index (κ3) is 3.10. The number of carbonyl (C=O) groups excluding carboxylic acids is 1. The number of esters is 1. The van der Waals surface area contributed by atoms with Crippen molar-refractivity contribution in [3.63, 3.8) is 0 Å². The summed E-state index contributed by atoms with van der Waals surface area (Å²) in [7, 11) is 1.58. The number of hydrogen-bond acceptors (Lipinski definition) is 7. The molecule has 0 bridgehead atoms. The summed E-state index contributed by atoms with van der Waals surface area (Å²) in [5.41, 5.74) is 1.99. The number of aromatic nitrogens is 3. The van der Waals surface area contributed by atoms with Crippen molar-refractivity contribution >= 4 is 11.9 Å². The first kappa shape index (κ1) is 17.8. The Bertz CT molecular complexity index is 843. The normalized spacial score (nSPS) is 15.9. The smallest absolute Gasteiger partial charge is 0.338 e. The van der Waals surface area contributed by atoms with Gasteiger partial charge in [0.2, 0.25) is 5.95 Å². The van der Waals surface area contributed by atoms with Crippen LogP contribution in [0.5, 0.6) is 11.5 Å². The lowest BCUT2D eigenvalue weighted by Crippen LogP contribution is -2.29. The van der Waals surface area contributed by atoms with Crippen molar-refractivity contribution in [2.45, 2.75) is 26.8 Å². The molecule has 1 N–H and O–H groups in total. The lowest BCUT2D eigenvalue weighted by molar-refractivity contribution is -0.139. The molecule has 1 aliphatic rings. The highest BCUT2D eigenvalue weighted by molar-refractivity contribution is 5.92. The van der Waals surface area contributed by atoms with Gasteiger partial charge in [-0.25, -0.2) is 9.48 Å². The van der Waals surface area contributed by atoms with E-state index in [1.54, 1.807) is 18.7 Å². The van der Waals surface area contributed by atoms with Crippen LogP contribution >= 0.6 is 0 Å². The fraction of sp³-hybridized carbons (Fsp3) is 0.389. The number of ether oxygens (including phenoxy) is 3. The molecular weight excluding hydrogens is 336 g/mol. The standard InChI is InChI=1S/C18H22N4O4/c1-5-25-13-8-7-12(9-14(13)24-4)16-15(17(23)26-6-2)11(3)21-18-19-10-20-22(16)18/h7-10,16H,5-6H2,1-4H3,(H,19,20,21). The van der Waals surface area contributed by atoms with Gasteiger partial charge < -0.3 is 19.5 Å². The molecule has 1 unspecified atom stereocenters. The summed E-state index contributed by atoms with van der Waals surface area (Å²) in [5.74, 6) is 1.40. The zero-order valence-electron chi connectivity index (χ0n) is 15.3. The number of methoxy groups -OCH3 is 1. The van der Waals surface area contributed by atoms with Crippen LogP contribution < -0.4 is 14.8 Å². The third-order valence-electron chi connectivity index (χ3n) is 4.09. The number of hydrogen-bond donors (Lipinski definition) is 1. The highest BCUT2D eigenvalue weighted by Gasteiger charge is 2.34. The Hall–Kier alpha value is -3.03. The van der Waals surface area contributed by atoms with Crippen LogP contribution in [0.4, 0.5) is 5.95 Å². The van der Waals surface area contributed by atoms with Gasteiger partial charge in [0.05, 0.1) is 25.9 Å². The second-order valence-corrected chi connectivity index (χ2v) is 5.66. The van der Waals surface area contributed by atoms with E-state index >= 15 is 0 Å². The van der Waals surface area contributed by atoms with Gasteiger partial charge in [-0.2, -0.15) is 10.1 Å². The molecule has 0 radical (unpaired) electrons. The highest BCUT2D eigenvalue weighted by atomic mass is 16.5. The molecule has 3 rings (SSSR count). The second-order valence-electron chi connectivity index (χ2n) is 5.66. The quantitative estimate of drug-likeness (QED) is 0.794. The van der Waals surface area contributed by atoms with Gasteiger partial charge in [-0.1, -0.05) is 6.07 Å². The average molecular weight is 358 g/mol. The Labute approximate surface area is 151 Å². The first-order valence-corrected chi connectivity index (χ1v) is 8.45. The summed E-state index contributed by atoms with van der Waals surface area (Å²) in [6.45, 7) is 6.33. The van der Waals surface area contributed by atoms with E-state index in [2.05, 4.69) is 15.4 Å². The van der Waals surface area contributed by atoms with Crippen molar-refractivity contribution in [3.8, 4) is 11.5 Å². The van der Waals surface area contributed by atoms with Gasteiger partial charge in [-0.3, -0.25) is 0 Å². The van der Waals surface area contributed by atoms with Gasteiger partial charge in [0, 0.05) is 5.70 Å². The third-order valence-corrected chi connectivity index (χ3v) is 4.09. The van der Waals surface area contributed by atoms with Gasteiger partial charge in [0.1, 0.15) is 12.4 Å². The minimum absolute atomic E-state index is 0.291. The molecular formula is C18H22N4O4. The molecule has 0 spiro atoms. The monoisotopic (exact) mass is 358 g/mol. The molecule has 8 heteroatoms. The first-order valence-electron chi connectivity index (χ1n) is 8.45. The topological polar surface area (TPSA) is 87.5 Å². The van der Waals surface area contributed by atoms with E-state index in [0.717, 1.165) is 5.56 Å². The van der Waals surface area contributed by atoms with Gasteiger partial charge >= 0.3 is 5.97 Å². The number of rotatable bonds is 6. The van der Waals surface area contributed by atoms with E-state index in [4.69, 9.17) is 14.2 Å². The van der Waals surface area contributed by atoms with Crippen molar-refractivity contribution in [2.24, 2.45) is 0 Å². The van der Waals surface area contributed by atoms with E-state index in [-0.39, 0.29) is 0 Å². The molecule has 1 atom stereocenters. The van der Waals surface area contributed by atoms with Crippen LogP contribution in [0.3, 0.4) is 0 Å². The van der Waals surface area contributed by atoms with E-state index in [1.807, 2.05) is 32.0 Å². The van der Waals surface area contributed by atoms with Crippen molar-refractivity contribution in [3.05, 3.63) is 41.4 Å². The van der Waals surface area contributed by atoms with E-state index in [0.29, 0.717) is 41.9 Å². The number of allylic oxidation sites excluding steroid dienone is 1. The van der Waals surface area contributed by atoms with E-state index in [1.165, 1.54) is 6.33 Å². The van der Waals surface area contributed by atoms with Gasteiger partial charge in [0.15, 0.2) is 11.5 Å². The van der Waals surface area contributed by atoms with E-state index < -0.39 is 12.0 Å². The van der Waals surface area contributed by atoms with Gasteiger partial charge in [0.25, 0.3) is 0 Å². The van der Waals surface area contributed by atoms with Crippen LogP contribution in [-0.4, -0.2) is 41.1 Å². The van der Waals surface area contributed by atoms with Crippen LogP contribution in [0.2, 0.25) is 0 Å². The van der Waals surface area contributed by atoms with Crippen molar-refractivity contribution in [1.29, 1.82) is 0 Å². The molecule has 1 aromatic heterocycles. The van der Waals surface area contributed by atoms with Crippen molar-refractivity contribution in [2.75, 3.05) is 25.6 Å². The van der Waals surface area contributed by atoms with Crippen LogP contribution in [0, 0.1) is 0 Å². The fourth-order valence-corrected chi connectivity index (χ4v) is 3.00. The summed E-state index contributed by atoms with van der Waals surface area (Å²) in [5, 5.41) is 7.39. The Morgan fingerprint density at radius 1 is 1.27 bits per heavy atom. The molecule has 2 aromatic rings. The lowest BCUT2D eigenvalue weighted by Gasteiger charge is -2.28. The number of nitrogens with zero attached hydrogens (tertiary/aromatic N) is 3. The van der Waals surface area contributed by atoms with E-state index in [9.17, 15) is 4.79 Å². The van der Waals surface area contributed by atoms with Crippen molar-refractivity contribution in [1.82, 2.24) is 14.8 Å². The Morgan fingerprint density at radius 3 is 2.77 bits per heavy atom. The zero-order chi connectivity index (χ0) is 18.7. The second kappa shape index (κ2) is 7.47. The molecule has 1 aliphatic heterocycles. The van der Waals surface area contributed by atoms with Crippen LogP contribution in [-0.2, 0) is 9.53 Å². The summed E-state index contributed by atoms with van der Waals surface area (Å²) in [6, 6.07) is 5.09. The summed E-state index contributed by atoms with van der Waals surface area (Å²) < 4.78 is 18.0. The van der Waals surface area contributed by atoms with Gasteiger partial charge in [-0.15, -0.1) is 0 Å². The molecule has 0 saturated carbocycles. The van der Waals surface area contributed by atoms with Crippen LogP contribution in [0.15, 0.2) is 35.8 Å². The summed E-state index contributed by atoms with van der Waals surface area (Å²) in [6.07, 6.45) is 1.45. The number of benzene rings is 1. The number of fused-ring (bicyclic) bond motifs is 1. The van der Waals surface area contributed by atoms with Crippen LogP contribution in [0.1, 0.15) is 32.4 Å². The largest absolute Gasteiger partial charge is 0.493 e. The minimum Gasteiger partial charge on any atom is -0.493 e. The summed E-state index contributed by atoms with van der Waals surface area (Å²) >= 11 is 0. The predicted molar refractivity (Wildman–Crippen MR) is 95.3 cm³/mol. The maximum atomic E-state index is 12.6.